The summed E-state index contributed by atoms with van der Waals surface area (Å²) < 4.78 is 5.62. The molecule has 0 N–H and O–H groups in total. The molecule has 0 saturated heterocycles. The van der Waals surface area contributed by atoms with Crippen LogP contribution in [0.15, 0.2) is 11.3 Å². The maximum atomic E-state index is 12.0. The molecule has 0 aromatic rings. The molecule has 0 bridgehead atoms. The van der Waals surface area contributed by atoms with E-state index in [1.807, 2.05) is 0 Å². The summed E-state index contributed by atoms with van der Waals surface area (Å²) in [4.78, 5) is 13.8. The fourth-order valence-electron chi connectivity index (χ4n) is 2.16. The SMILES string of the molecule is CCCN1CC(C(C)(C)C)=C(C(C)(C)C)OC1=O. The molecule has 3 heteroatoms. The Morgan fingerprint density at radius 3 is 2.06 bits per heavy atom. The Hall–Kier alpha value is -0.990. The van der Waals surface area contributed by atoms with Crippen molar-refractivity contribution in [1.29, 1.82) is 0 Å². The second kappa shape index (κ2) is 4.94. The van der Waals surface area contributed by atoms with E-state index in [1.54, 1.807) is 4.90 Å². The zero-order valence-electron chi connectivity index (χ0n) is 12.9. The molecule has 18 heavy (non-hydrogen) atoms. The van der Waals surface area contributed by atoms with Crippen molar-refractivity contribution >= 4 is 6.09 Å². The zero-order chi connectivity index (χ0) is 14.1. The van der Waals surface area contributed by atoms with Gasteiger partial charge in [-0.15, -0.1) is 0 Å². The maximum absolute atomic E-state index is 12.0. The molecule has 1 heterocycles. The van der Waals surface area contributed by atoms with E-state index in [0.29, 0.717) is 6.54 Å². The molecular formula is C15H27NO2. The zero-order valence-corrected chi connectivity index (χ0v) is 12.9. The first-order chi connectivity index (χ1) is 8.07. The van der Waals surface area contributed by atoms with E-state index in [2.05, 4.69) is 48.5 Å². The molecule has 1 aliphatic rings. The van der Waals surface area contributed by atoms with Gasteiger partial charge in [0, 0.05) is 18.5 Å². The Bertz CT molecular complexity index is 356. The molecule has 0 atom stereocenters. The highest BCUT2D eigenvalue weighted by Gasteiger charge is 2.37. The molecular weight excluding hydrogens is 226 g/mol. The fraction of sp³-hybridized carbons (Fsp3) is 0.800. The highest BCUT2D eigenvalue weighted by atomic mass is 16.6. The quantitative estimate of drug-likeness (QED) is 0.738. The van der Waals surface area contributed by atoms with Gasteiger partial charge in [0.2, 0.25) is 0 Å². The van der Waals surface area contributed by atoms with Gasteiger partial charge >= 0.3 is 6.09 Å². The standard InChI is InChI=1S/C15H27NO2/c1-8-9-16-10-11(14(2,3)4)12(15(5,6)7)18-13(16)17/h8-10H2,1-7H3. The molecule has 0 saturated carbocycles. The fourth-order valence-corrected chi connectivity index (χ4v) is 2.16. The molecule has 0 aliphatic carbocycles. The smallest absolute Gasteiger partial charge is 0.414 e. The number of cyclic esters (lactones) is 1. The minimum Gasteiger partial charge on any atom is -0.414 e. The third-order valence-electron chi connectivity index (χ3n) is 3.15. The van der Waals surface area contributed by atoms with E-state index in [4.69, 9.17) is 4.74 Å². The number of nitrogens with zero attached hydrogens (tertiary/aromatic N) is 1. The van der Waals surface area contributed by atoms with Crippen LogP contribution in [0.4, 0.5) is 4.79 Å². The summed E-state index contributed by atoms with van der Waals surface area (Å²) in [6.07, 6.45) is 0.756. The molecule has 0 radical (unpaired) electrons. The number of hydrogen-bond donors (Lipinski definition) is 0. The highest BCUT2D eigenvalue weighted by molar-refractivity contribution is 5.71. The predicted octanol–water partition coefficient (Wildman–Crippen LogP) is 4.19. The van der Waals surface area contributed by atoms with Crippen LogP contribution >= 0.6 is 0 Å². The van der Waals surface area contributed by atoms with Gasteiger partial charge in [-0.3, -0.25) is 0 Å². The minimum atomic E-state index is -0.199. The molecule has 0 aromatic heterocycles. The van der Waals surface area contributed by atoms with Gasteiger partial charge in [-0.05, 0) is 17.4 Å². The first-order valence-corrected chi connectivity index (χ1v) is 6.78. The lowest BCUT2D eigenvalue weighted by Gasteiger charge is -2.39. The summed E-state index contributed by atoms with van der Waals surface area (Å²) in [7, 11) is 0. The van der Waals surface area contributed by atoms with Gasteiger partial charge in [0.1, 0.15) is 5.76 Å². The lowest BCUT2D eigenvalue weighted by molar-refractivity contribution is 0.0912. The van der Waals surface area contributed by atoms with Crippen LogP contribution in [-0.2, 0) is 4.74 Å². The lowest BCUT2D eigenvalue weighted by atomic mass is 9.78. The van der Waals surface area contributed by atoms with Crippen LogP contribution < -0.4 is 0 Å². The van der Waals surface area contributed by atoms with Crippen molar-refractivity contribution in [3.63, 3.8) is 0 Å². The average molecular weight is 253 g/mol. The summed E-state index contributed by atoms with van der Waals surface area (Å²) in [5.74, 6) is 0.854. The van der Waals surface area contributed by atoms with Crippen molar-refractivity contribution in [3.05, 3.63) is 11.3 Å². The Labute approximate surface area is 111 Å². The number of amides is 1. The number of carbonyl (C=O) groups is 1. The molecule has 0 fully saturated rings. The minimum absolute atomic E-state index is 0.0231. The van der Waals surface area contributed by atoms with Crippen molar-refractivity contribution in [1.82, 2.24) is 4.90 Å². The molecule has 0 unspecified atom stereocenters. The Kier molecular flexibility index (Phi) is 4.14. The maximum Gasteiger partial charge on any atom is 0.415 e. The summed E-state index contributed by atoms with van der Waals surface area (Å²) in [6, 6.07) is 0. The number of carbonyl (C=O) groups excluding carboxylic acids is 1. The van der Waals surface area contributed by atoms with Crippen molar-refractivity contribution < 1.29 is 9.53 Å². The van der Waals surface area contributed by atoms with Gasteiger partial charge in [0.05, 0.1) is 0 Å². The van der Waals surface area contributed by atoms with Gasteiger partial charge in [-0.2, -0.15) is 0 Å². The average Bonchev–Trinajstić information content (AvgIpc) is 2.17. The summed E-state index contributed by atoms with van der Waals surface area (Å²) in [5.41, 5.74) is 1.13. The van der Waals surface area contributed by atoms with Gasteiger partial charge in [-0.25, -0.2) is 4.79 Å². The Morgan fingerprint density at radius 2 is 1.67 bits per heavy atom. The molecule has 1 aliphatic heterocycles. The van der Waals surface area contributed by atoms with E-state index >= 15 is 0 Å². The van der Waals surface area contributed by atoms with Gasteiger partial charge < -0.3 is 9.64 Å². The van der Waals surface area contributed by atoms with Crippen molar-refractivity contribution in [2.24, 2.45) is 10.8 Å². The molecule has 0 aromatic carbocycles. The molecule has 104 valence electrons. The van der Waals surface area contributed by atoms with E-state index < -0.39 is 0 Å². The number of rotatable bonds is 2. The van der Waals surface area contributed by atoms with E-state index in [9.17, 15) is 4.79 Å². The highest BCUT2D eigenvalue weighted by Crippen LogP contribution is 2.40. The largest absolute Gasteiger partial charge is 0.415 e. The normalized spacial score (nSPS) is 18.2. The Balaban J connectivity index is 3.18. The van der Waals surface area contributed by atoms with Gasteiger partial charge in [0.15, 0.2) is 0 Å². The summed E-state index contributed by atoms with van der Waals surface area (Å²) in [6.45, 7) is 16.3. The number of hydrogen-bond acceptors (Lipinski definition) is 2. The lowest BCUT2D eigenvalue weighted by Crippen LogP contribution is -2.43. The molecule has 0 spiro atoms. The van der Waals surface area contributed by atoms with Crippen LogP contribution in [0.5, 0.6) is 0 Å². The number of allylic oxidation sites excluding steroid dienone is 1. The molecule has 1 rings (SSSR count). The van der Waals surface area contributed by atoms with Crippen molar-refractivity contribution in [2.75, 3.05) is 13.1 Å². The summed E-state index contributed by atoms with van der Waals surface area (Å²) in [5, 5.41) is 0. The van der Waals surface area contributed by atoms with Crippen molar-refractivity contribution in [3.8, 4) is 0 Å². The van der Waals surface area contributed by atoms with Crippen molar-refractivity contribution in [2.45, 2.75) is 54.9 Å². The summed E-state index contributed by atoms with van der Waals surface area (Å²) >= 11 is 0. The second-order valence-electron chi connectivity index (χ2n) is 7.10. The van der Waals surface area contributed by atoms with Crippen LogP contribution in [-0.4, -0.2) is 24.1 Å². The van der Waals surface area contributed by atoms with Crippen LogP contribution in [0.2, 0.25) is 0 Å². The van der Waals surface area contributed by atoms with Crippen LogP contribution in [0.1, 0.15) is 54.9 Å². The van der Waals surface area contributed by atoms with E-state index in [1.165, 1.54) is 5.57 Å². The Morgan fingerprint density at radius 1 is 1.11 bits per heavy atom. The third kappa shape index (κ3) is 3.27. The first-order valence-electron chi connectivity index (χ1n) is 6.78. The van der Waals surface area contributed by atoms with Gasteiger partial charge in [0.25, 0.3) is 0 Å². The van der Waals surface area contributed by atoms with Gasteiger partial charge in [-0.1, -0.05) is 48.5 Å². The van der Waals surface area contributed by atoms with E-state index in [0.717, 1.165) is 18.7 Å². The first kappa shape index (κ1) is 15.1. The number of ether oxygens (including phenoxy) is 1. The van der Waals surface area contributed by atoms with Crippen LogP contribution in [0, 0.1) is 10.8 Å². The predicted molar refractivity (Wildman–Crippen MR) is 74.3 cm³/mol. The second-order valence-corrected chi connectivity index (χ2v) is 7.10. The third-order valence-corrected chi connectivity index (χ3v) is 3.15. The molecule has 1 amide bonds. The van der Waals surface area contributed by atoms with Crippen LogP contribution in [0.25, 0.3) is 0 Å². The topological polar surface area (TPSA) is 29.5 Å². The monoisotopic (exact) mass is 253 g/mol. The van der Waals surface area contributed by atoms with E-state index in [-0.39, 0.29) is 16.9 Å². The molecule has 3 nitrogen and oxygen atoms in total. The van der Waals surface area contributed by atoms with Crippen LogP contribution in [0.3, 0.4) is 0 Å².